The number of imide groups is 1. The first kappa shape index (κ1) is 11.3. The number of nitrogens with one attached hydrogen (secondary N) is 1. The van der Waals surface area contributed by atoms with Crippen molar-refractivity contribution in [1.82, 2.24) is 10.2 Å². The van der Waals surface area contributed by atoms with E-state index in [0.29, 0.717) is 0 Å². The summed E-state index contributed by atoms with van der Waals surface area (Å²) in [5, 5.41) is 11.7. The highest BCUT2D eigenvalue weighted by atomic mass is 16.6. The number of aliphatic hydroxyl groups is 1. The van der Waals surface area contributed by atoms with Crippen LogP contribution in [-0.4, -0.2) is 63.7 Å². The highest BCUT2D eigenvalue weighted by molar-refractivity contribution is 6.42. The maximum Gasteiger partial charge on any atom is 0.405 e. The van der Waals surface area contributed by atoms with Crippen molar-refractivity contribution in [2.75, 3.05) is 6.61 Å². The molecule has 0 spiro atoms. The molecule has 3 heterocycles. The lowest BCUT2D eigenvalue weighted by molar-refractivity contribution is -0.128. The fourth-order valence-corrected chi connectivity index (χ4v) is 2.33. The number of hydrogen-bond donors (Lipinski definition) is 2. The molecule has 0 aromatic rings. The van der Waals surface area contributed by atoms with Gasteiger partial charge < -0.3 is 20.1 Å². The van der Waals surface area contributed by atoms with Crippen molar-refractivity contribution in [3.8, 4) is 0 Å². The van der Waals surface area contributed by atoms with Crippen LogP contribution in [0.2, 0.25) is 0 Å². The Morgan fingerprint density at radius 3 is 3.00 bits per heavy atom. The Morgan fingerprint density at radius 1 is 1.50 bits per heavy atom. The molecule has 0 aliphatic carbocycles. The number of nitrogens with zero attached hydrogens (tertiary/aromatic N) is 3. The van der Waals surface area contributed by atoms with E-state index in [1.165, 1.54) is 0 Å². The van der Waals surface area contributed by atoms with Gasteiger partial charge in [0.05, 0.1) is 12.7 Å². The van der Waals surface area contributed by atoms with Crippen LogP contribution in [-0.2, 0) is 14.3 Å². The molecule has 18 heavy (non-hydrogen) atoms. The molecule has 2 bridgehead atoms. The molecule has 3 saturated heterocycles. The number of aliphatic hydroxyl groups excluding tert-OH is 1. The van der Waals surface area contributed by atoms with E-state index >= 15 is 0 Å². The van der Waals surface area contributed by atoms with Crippen molar-refractivity contribution in [3.63, 3.8) is 0 Å². The molecule has 4 atom stereocenters. The molecule has 3 fully saturated rings. The van der Waals surface area contributed by atoms with Gasteiger partial charge in [0.2, 0.25) is 6.23 Å². The fraction of sp³-hybridized carbons (Fsp3) is 0.667. The van der Waals surface area contributed by atoms with Crippen molar-refractivity contribution in [3.05, 3.63) is 5.53 Å². The summed E-state index contributed by atoms with van der Waals surface area (Å²) in [6.45, 7) is 0.0123. The van der Waals surface area contributed by atoms with Crippen LogP contribution in [0.4, 0.5) is 4.79 Å². The van der Waals surface area contributed by atoms with Crippen LogP contribution in [0.15, 0.2) is 0 Å². The van der Waals surface area contributed by atoms with Gasteiger partial charge in [-0.25, -0.2) is 4.79 Å². The normalized spacial score (nSPS) is 38.9. The predicted octanol–water partition coefficient (Wildman–Crippen LogP) is -1.96. The number of urea groups is 1. The van der Waals surface area contributed by atoms with Crippen molar-refractivity contribution >= 4 is 17.6 Å². The number of rotatable bonds is 0. The van der Waals surface area contributed by atoms with Crippen molar-refractivity contribution < 1.29 is 29.0 Å². The minimum absolute atomic E-state index is 0.0123. The average molecular weight is 254 g/mol. The van der Waals surface area contributed by atoms with E-state index in [2.05, 4.69) is 4.79 Å². The van der Waals surface area contributed by atoms with Crippen LogP contribution < -0.4 is 5.32 Å². The number of hydrogen-bond acceptors (Lipinski definition) is 5. The Kier molecular flexibility index (Phi) is 2.42. The topological polar surface area (TPSA) is 124 Å². The van der Waals surface area contributed by atoms with Gasteiger partial charge in [-0.05, 0) is 0 Å². The summed E-state index contributed by atoms with van der Waals surface area (Å²) in [6.07, 6.45) is -2.84. The van der Waals surface area contributed by atoms with Crippen LogP contribution in [0.1, 0.15) is 6.42 Å². The van der Waals surface area contributed by atoms with Gasteiger partial charge in [-0.15, -0.1) is 0 Å². The molecule has 0 aromatic carbocycles. The zero-order chi connectivity index (χ0) is 12.9. The fourth-order valence-electron chi connectivity index (χ4n) is 2.33. The molecule has 3 rings (SSSR count). The maximum absolute atomic E-state index is 11.8. The lowest BCUT2D eigenvalue weighted by Crippen LogP contribution is -2.64. The number of carbonyl (C=O) groups is 2. The van der Waals surface area contributed by atoms with E-state index in [1.807, 2.05) is 5.32 Å². The molecule has 3 aliphatic rings. The Labute approximate surface area is 101 Å². The van der Waals surface area contributed by atoms with E-state index in [-0.39, 0.29) is 18.7 Å². The first-order valence-electron chi connectivity index (χ1n) is 5.42. The standard InChI is InChI=1S/C9H10N4O5/c10-12-6-7(15)11-9(16)13-5-1-3(14)4(18-5)2-17-8(6)13/h3-5,8,14H,1-2H2,(H,11,15,16)/t3-,4-,5+,8+/m0/s1. The highest BCUT2D eigenvalue weighted by Crippen LogP contribution is 2.30. The second kappa shape index (κ2) is 3.85. The van der Waals surface area contributed by atoms with Gasteiger partial charge in [0.15, 0.2) is 0 Å². The Morgan fingerprint density at radius 2 is 2.28 bits per heavy atom. The van der Waals surface area contributed by atoms with Crippen molar-refractivity contribution in [2.24, 2.45) is 0 Å². The molecule has 0 radical (unpaired) electrons. The van der Waals surface area contributed by atoms with Gasteiger partial charge in [-0.3, -0.25) is 15.0 Å². The zero-order valence-corrected chi connectivity index (χ0v) is 9.15. The molecule has 3 amide bonds. The number of amides is 3. The average Bonchev–Trinajstić information content (AvgIpc) is 2.55. The third kappa shape index (κ3) is 1.46. The van der Waals surface area contributed by atoms with Gasteiger partial charge in [0.1, 0.15) is 12.3 Å². The van der Waals surface area contributed by atoms with E-state index in [1.54, 1.807) is 0 Å². The molecule has 0 saturated carbocycles. The molecule has 96 valence electrons. The lowest BCUT2D eigenvalue weighted by Gasteiger charge is -2.33. The van der Waals surface area contributed by atoms with Crippen LogP contribution in [0.25, 0.3) is 5.53 Å². The maximum atomic E-state index is 11.8. The summed E-state index contributed by atoms with van der Waals surface area (Å²) in [6, 6.07) is -0.697. The Bertz CT molecular complexity index is 474. The SMILES string of the molecule is [N-]=[N+]=C1C(=O)NC(=O)N2[C@@H]1OC[C@@H]1O[C@@H]2C[C@@H]1O. The van der Waals surface area contributed by atoms with Gasteiger partial charge in [0.25, 0.3) is 0 Å². The van der Waals surface area contributed by atoms with Gasteiger partial charge in [-0.2, -0.15) is 4.79 Å². The summed E-state index contributed by atoms with van der Waals surface area (Å²) in [5.74, 6) is -0.804. The molecular formula is C9H10N4O5. The molecular weight excluding hydrogens is 244 g/mol. The largest absolute Gasteiger partial charge is 0.405 e. The Balaban J connectivity index is 1.99. The first-order chi connectivity index (χ1) is 8.61. The van der Waals surface area contributed by atoms with E-state index in [0.717, 1.165) is 4.90 Å². The number of ether oxygens (including phenoxy) is 2. The summed E-state index contributed by atoms with van der Waals surface area (Å²) in [5.41, 5.74) is 8.51. The number of carbonyl (C=O) groups excluding carboxylic acids is 2. The minimum Gasteiger partial charge on any atom is -0.390 e. The monoisotopic (exact) mass is 254 g/mol. The second-order valence-corrected chi connectivity index (χ2v) is 4.27. The molecule has 0 unspecified atom stereocenters. The van der Waals surface area contributed by atoms with Crippen LogP contribution in [0, 0.1) is 0 Å². The zero-order valence-electron chi connectivity index (χ0n) is 9.15. The third-order valence-electron chi connectivity index (χ3n) is 3.21. The van der Waals surface area contributed by atoms with E-state index in [4.69, 9.17) is 15.0 Å². The lowest BCUT2D eigenvalue weighted by atomic mass is 10.1. The van der Waals surface area contributed by atoms with Crippen LogP contribution in [0.5, 0.6) is 0 Å². The molecule has 9 heteroatoms. The summed E-state index contributed by atoms with van der Waals surface area (Å²) in [7, 11) is 0. The quantitative estimate of drug-likeness (QED) is 0.383. The van der Waals surface area contributed by atoms with Gasteiger partial charge >= 0.3 is 17.6 Å². The molecule has 0 aromatic heterocycles. The Hall–Kier alpha value is -1.80. The molecule has 9 nitrogen and oxygen atoms in total. The van der Waals surface area contributed by atoms with Crippen LogP contribution >= 0.6 is 0 Å². The van der Waals surface area contributed by atoms with Crippen LogP contribution in [0.3, 0.4) is 0 Å². The summed E-state index contributed by atoms with van der Waals surface area (Å²) >= 11 is 0. The van der Waals surface area contributed by atoms with Gasteiger partial charge in [0, 0.05) is 6.42 Å². The minimum atomic E-state index is -1.08. The third-order valence-corrected chi connectivity index (χ3v) is 3.21. The molecule has 2 N–H and O–H groups in total. The smallest absolute Gasteiger partial charge is 0.390 e. The first-order valence-corrected chi connectivity index (χ1v) is 5.42. The van der Waals surface area contributed by atoms with E-state index < -0.39 is 36.6 Å². The van der Waals surface area contributed by atoms with Crippen molar-refractivity contribution in [2.45, 2.75) is 31.1 Å². The summed E-state index contributed by atoms with van der Waals surface area (Å²) < 4.78 is 10.8. The predicted molar refractivity (Wildman–Crippen MR) is 53.0 cm³/mol. The molecule has 3 aliphatic heterocycles. The summed E-state index contributed by atoms with van der Waals surface area (Å²) in [4.78, 5) is 27.2. The second-order valence-electron chi connectivity index (χ2n) is 4.27. The van der Waals surface area contributed by atoms with Gasteiger partial charge in [-0.1, -0.05) is 0 Å². The van der Waals surface area contributed by atoms with Crippen molar-refractivity contribution in [1.29, 1.82) is 0 Å². The highest BCUT2D eigenvalue weighted by Gasteiger charge is 2.54. The van der Waals surface area contributed by atoms with E-state index in [9.17, 15) is 14.7 Å². The number of fused-ring (bicyclic) bond motifs is 4.